The summed E-state index contributed by atoms with van der Waals surface area (Å²) < 4.78 is 68.5. The van der Waals surface area contributed by atoms with Crippen molar-refractivity contribution < 1.29 is 31.5 Å². The minimum Gasteiger partial charge on any atom is -0.489 e. The van der Waals surface area contributed by atoms with E-state index in [4.69, 9.17) is 9.47 Å². The van der Waals surface area contributed by atoms with Gasteiger partial charge in [0.2, 0.25) is 0 Å². The number of esters is 1. The third-order valence-electron chi connectivity index (χ3n) is 4.73. The van der Waals surface area contributed by atoms with Crippen LogP contribution < -0.4 is 15.0 Å². The number of aromatic nitrogens is 1. The highest BCUT2D eigenvalue weighted by Gasteiger charge is 2.25. The maximum atomic E-state index is 14.6. The van der Waals surface area contributed by atoms with Crippen LogP contribution >= 0.6 is 0 Å². The molecule has 0 fully saturated rings. The summed E-state index contributed by atoms with van der Waals surface area (Å²) >= 11 is 0. The van der Waals surface area contributed by atoms with E-state index in [2.05, 4.69) is 0 Å². The number of sulfonamides is 1. The second-order valence-electron chi connectivity index (χ2n) is 6.91. The second-order valence-corrected chi connectivity index (χ2v) is 8.56. The number of carbonyl (C=O) groups is 1. The molecule has 3 aromatic rings. The molecule has 0 amide bonds. The van der Waals surface area contributed by atoms with Crippen molar-refractivity contribution in [3.63, 3.8) is 0 Å². The van der Waals surface area contributed by atoms with Crippen LogP contribution in [0.3, 0.4) is 0 Å². The molecule has 1 N–H and O–H groups in total. The molecule has 1 aliphatic heterocycles. The Hall–Kier alpha value is -3.73. The lowest BCUT2D eigenvalue weighted by atomic mass is 10.0. The van der Waals surface area contributed by atoms with E-state index in [1.165, 1.54) is 19.2 Å². The van der Waals surface area contributed by atoms with Gasteiger partial charge in [-0.1, -0.05) is 18.2 Å². The highest BCUT2D eigenvalue weighted by atomic mass is 32.2. The van der Waals surface area contributed by atoms with Crippen molar-refractivity contribution in [2.75, 3.05) is 17.9 Å². The van der Waals surface area contributed by atoms with Crippen molar-refractivity contribution >= 4 is 21.7 Å². The van der Waals surface area contributed by atoms with Gasteiger partial charge in [0.15, 0.2) is 4.90 Å². The number of para-hydroxylation sites is 1. The number of hydrogen-bond acceptors (Lipinski definition) is 6. The molecule has 11 heteroatoms. The number of halogens is 2. The van der Waals surface area contributed by atoms with Crippen molar-refractivity contribution in [2.45, 2.75) is 4.90 Å². The number of hydrogen-bond donors (Lipinski definition) is 1. The predicted octanol–water partition coefficient (Wildman–Crippen LogP) is 2.68. The average Bonchev–Trinajstić information content (AvgIpc) is 2.74. The SMILES string of the molecule is Cn1cc2cc(c1=O)S(=O)(=O)Nc1cc(c(F)cc1F)-c1ccccc1OCCOC2=O. The molecule has 0 atom stereocenters. The fourth-order valence-corrected chi connectivity index (χ4v) is 4.42. The number of aryl methyl sites for hydroxylation is 1. The van der Waals surface area contributed by atoms with Crippen molar-refractivity contribution in [1.29, 1.82) is 0 Å². The molecule has 2 aromatic carbocycles. The van der Waals surface area contributed by atoms with E-state index in [0.717, 1.165) is 22.9 Å². The molecule has 8 nitrogen and oxygen atoms in total. The Morgan fingerprint density at radius 3 is 2.47 bits per heavy atom. The quantitative estimate of drug-likeness (QED) is 0.516. The van der Waals surface area contributed by atoms with Gasteiger partial charge in [-0.3, -0.25) is 9.52 Å². The summed E-state index contributed by atoms with van der Waals surface area (Å²) in [6.07, 6.45) is 1.12. The zero-order chi connectivity index (χ0) is 23.0. The zero-order valence-electron chi connectivity index (χ0n) is 16.6. The lowest BCUT2D eigenvalue weighted by molar-refractivity contribution is 0.0449. The van der Waals surface area contributed by atoms with Crippen LogP contribution in [-0.4, -0.2) is 32.2 Å². The number of fused-ring (bicyclic) bond motifs is 6. The Morgan fingerprint density at radius 2 is 1.69 bits per heavy atom. The van der Waals surface area contributed by atoms with E-state index >= 15 is 0 Å². The summed E-state index contributed by atoms with van der Waals surface area (Å²) in [5.41, 5.74) is -1.64. The zero-order valence-corrected chi connectivity index (χ0v) is 17.4. The minimum atomic E-state index is -4.65. The van der Waals surface area contributed by atoms with Crippen LogP contribution in [-0.2, 0) is 21.8 Å². The second kappa shape index (κ2) is 8.08. The van der Waals surface area contributed by atoms with E-state index in [1.807, 2.05) is 4.72 Å². The standard InChI is InChI=1S/C21H16F2N2O6S/c1-25-11-12-8-19(20(25)26)32(28,29)24-17-9-14(15(22)10-16(17)23)13-4-2-3-5-18(13)30-6-7-31-21(12)27/h2-5,8-11,24H,6-7H2,1H3. The van der Waals surface area contributed by atoms with Crippen molar-refractivity contribution in [1.82, 2.24) is 4.57 Å². The normalized spacial score (nSPS) is 15.3. The molecule has 0 saturated heterocycles. The van der Waals surface area contributed by atoms with Gasteiger partial charge in [0, 0.05) is 30.4 Å². The molecule has 2 heterocycles. The van der Waals surface area contributed by atoms with Crippen LogP contribution in [0.2, 0.25) is 0 Å². The van der Waals surface area contributed by atoms with Crippen molar-refractivity contribution in [3.05, 3.63) is 76.2 Å². The Labute approximate surface area is 181 Å². The van der Waals surface area contributed by atoms with Crippen molar-refractivity contribution in [2.24, 2.45) is 7.05 Å². The Morgan fingerprint density at radius 1 is 0.969 bits per heavy atom. The first-order valence-corrected chi connectivity index (χ1v) is 10.8. The van der Waals surface area contributed by atoms with E-state index in [1.54, 1.807) is 12.1 Å². The van der Waals surface area contributed by atoms with Crippen LogP contribution in [0.4, 0.5) is 14.5 Å². The molecule has 1 aromatic heterocycles. The molecule has 0 saturated carbocycles. The Kier molecular flexibility index (Phi) is 5.43. The summed E-state index contributed by atoms with van der Waals surface area (Å²) in [7, 11) is -3.40. The molecule has 1 aliphatic rings. The molecular formula is C21H16F2N2O6S. The molecule has 0 spiro atoms. The highest BCUT2D eigenvalue weighted by Crippen LogP contribution is 2.35. The number of cyclic esters (lactones) is 1. The maximum absolute atomic E-state index is 14.6. The van der Waals surface area contributed by atoms with Gasteiger partial charge in [0.05, 0.1) is 11.3 Å². The topological polar surface area (TPSA) is 104 Å². The van der Waals surface area contributed by atoms with Gasteiger partial charge < -0.3 is 14.0 Å². The summed E-state index contributed by atoms with van der Waals surface area (Å²) in [4.78, 5) is 24.0. The maximum Gasteiger partial charge on any atom is 0.339 e. The molecule has 32 heavy (non-hydrogen) atoms. The van der Waals surface area contributed by atoms with E-state index in [9.17, 15) is 26.8 Å². The third kappa shape index (κ3) is 3.94. The van der Waals surface area contributed by atoms with Gasteiger partial charge in [-0.15, -0.1) is 0 Å². The molecule has 4 rings (SSSR count). The number of pyridine rings is 1. The molecule has 4 bridgehead atoms. The van der Waals surface area contributed by atoms with Crippen molar-refractivity contribution in [3.8, 4) is 16.9 Å². The number of nitrogens with zero attached hydrogens (tertiary/aromatic N) is 1. The first-order chi connectivity index (χ1) is 15.2. The summed E-state index contributed by atoms with van der Waals surface area (Å²) in [6, 6.07) is 8.61. The third-order valence-corrected chi connectivity index (χ3v) is 6.09. The van der Waals surface area contributed by atoms with E-state index in [-0.39, 0.29) is 35.7 Å². The van der Waals surface area contributed by atoms with Gasteiger partial charge in [0.25, 0.3) is 15.6 Å². The summed E-state index contributed by atoms with van der Waals surface area (Å²) in [6.45, 7) is -0.291. The fraction of sp³-hybridized carbons (Fsp3) is 0.143. The number of carbonyl (C=O) groups excluding carboxylic acids is 1. The molecule has 166 valence electrons. The Balaban J connectivity index is 1.94. The largest absolute Gasteiger partial charge is 0.489 e. The fourth-order valence-electron chi connectivity index (χ4n) is 3.20. The monoisotopic (exact) mass is 462 g/mol. The lowest BCUT2D eigenvalue weighted by Gasteiger charge is -2.14. The first kappa shape index (κ1) is 21.5. The Bertz CT molecular complexity index is 1400. The number of ether oxygens (including phenoxy) is 2. The molecular weight excluding hydrogens is 446 g/mol. The number of benzene rings is 2. The average molecular weight is 462 g/mol. The first-order valence-electron chi connectivity index (χ1n) is 9.29. The minimum absolute atomic E-state index is 0.0897. The number of nitrogens with one attached hydrogen (secondary N) is 1. The molecule has 0 unspecified atom stereocenters. The van der Waals surface area contributed by atoms with Gasteiger partial charge in [-0.25, -0.2) is 22.0 Å². The van der Waals surface area contributed by atoms with Crippen LogP contribution in [0.15, 0.2) is 58.4 Å². The van der Waals surface area contributed by atoms with Crippen LogP contribution in [0.25, 0.3) is 11.1 Å². The molecule has 0 aliphatic carbocycles. The van der Waals surface area contributed by atoms with Crippen LogP contribution in [0.1, 0.15) is 10.4 Å². The number of anilines is 1. The van der Waals surface area contributed by atoms with E-state index in [0.29, 0.717) is 6.07 Å². The molecule has 0 radical (unpaired) electrons. The highest BCUT2D eigenvalue weighted by molar-refractivity contribution is 7.92. The van der Waals surface area contributed by atoms with E-state index < -0.39 is 43.8 Å². The van der Waals surface area contributed by atoms with Gasteiger partial charge in [-0.2, -0.15) is 0 Å². The van der Waals surface area contributed by atoms with Crippen LogP contribution in [0, 0.1) is 11.6 Å². The summed E-state index contributed by atoms with van der Waals surface area (Å²) in [5, 5.41) is 0. The number of rotatable bonds is 0. The lowest BCUT2D eigenvalue weighted by Crippen LogP contribution is -2.29. The summed E-state index contributed by atoms with van der Waals surface area (Å²) in [5.74, 6) is -2.81. The van der Waals surface area contributed by atoms with Crippen LogP contribution in [0.5, 0.6) is 5.75 Å². The predicted molar refractivity (Wildman–Crippen MR) is 110 cm³/mol. The van der Waals surface area contributed by atoms with Gasteiger partial charge >= 0.3 is 5.97 Å². The van der Waals surface area contributed by atoms with Gasteiger partial charge in [-0.05, 0) is 18.2 Å². The smallest absolute Gasteiger partial charge is 0.339 e. The van der Waals surface area contributed by atoms with Gasteiger partial charge in [0.1, 0.15) is 30.6 Å².